The van der Waals surface area contributed by atoms with E-state index in [0.717, 1.165) is 33.9 Å². The van der Waals surface area contributed by atoms with Gasteiger partial charge in [0.25, 0.3) is 0 Å². The van der Waals surface area contributed by atoms with E-state index >= 15 is 0 Å². The van der Waals surface area contributed by atoms with E-state index in [1.807, 2.05) is 41.5 Å². The highest BCUT2D eigenvalue weighted by molar-refractivity contribution is 5.75. The van der Waals surface area contributed by atoms with Crippen molar-refractivity contribution in [3.63, 3.8) is 0 Å². The van der Waals surface area contributed by atoms with Gasteiger partial charge in [0.05, 0.1) is 18.4 Å². The second-order valence-electron chi connectivity index (χ2n) is 5.27. The highest BCUT2D eigenvalue weighted by Crippen LogP contribution is 2.21. The highest BCUT2D eigenvalue weighted by atomic mass is 15.3. The number of hydrogen-bond donors (Lipinski definition) is 1. The van der Waals surface area contributed by atoms with Crippen LogP contribution in [-0.4, -0.2) is 34.5 Å². The molecule has 0 aromatic carbocycles. The summed E-state index contributed by atoms with van der Waals surface area (Å²) in [5, 5.41) is 8.75. The van der Waals surface area contributed by atoms with E-state index in [1.54, 1.807) is 18.6 Å². The monoisotopic (exact) mass is 293 g/mol. The molecular formula is C15H15N7. The summed E-state index contributed by atoms with van der Waals surface area (Å²) in [6.07, 6.45) is 5.37. The van der Waals surface area contributed by atoms with Crippen LogP contribution in [0.3, 0.4) is 0 Å². The molecule has 7 heteroatoms. The SMILES string of the molecule is Cc1cc(-c2nc3c(cnn3Cc3ccncc3)[nH]2)n(C)n1. The zero-order chi connectivity index (χ0) is 15.1. The van der Waals surface area contributed by atoms with Crippen LogP contribution in [-0.2, 0) is 13.6 Å². The molecule has 0 amide bonds. The van der Waals surface area contributed by atoms with E-state index < -0.39 is 0 Å². The molecule has 0 unspecified atom stereocenters. The third-order valence-electron chi connectivity index (χ3n) is 3.61. The summed E-state index contributed by atoms with van der Waals surface area (Å²) in [6, 6.07) is 5.97. The van der Waals surface area contributed by atoms with Crippen molar-refractivity contribution < 1.29 is 0 Å². The molecule has 7 nitrogen and oxygen atoms in total. The van der Waals surface area contributed by atoms with Gasteiger partial charge in [-0.25, -0.2) is 9.67 Å². The maximum Gasteiger partial charge on any atom is 0.177 e. The predicted molar refractivity (Wildman–Crippen MR) is 82.2 cm³/mol. The number of pyridine rings is 1. The quantitative estimate of drug-likeness (QED) is 0.626. The van der Waals surface area contributed by atoms with E-state index in [4.69, 9.17) is 0 Å². The zero-order valence-corrected chi connectivity index (χ0v) is 12.4. The topological polar surface area (TPSA) is 77.2 Å². The molecule has 4 heterocycles. The van der Waals surface area contributed by atoms with Crippen molar-refractivity contribution in [3.8, 4) is 11.5 Å². The fourth-order valence-corrected chi connectivity index (χ4v) is 2.58. The number of imidazole rings is 1. The predicted octanol–water partition coefficient (Wildman–Crippen LogP) is 1.91. The second kappa shape index (κ2) is 4.80. The zero-order valence-electron chi connectivity index (χ0n) is 12.4. The van der Waals surface area contributed by atoms with Gasteiger partial charge < -0.3 is 4.98 Å². The fourth-order valence-electron chi connectivity index (χ4n) is 2.58. The Kier molecular flexibility index (Phi) is 2.78. The van der Waals surface area contributed by atoms with Gasteiger partial charge in [-0.3, -0.25) is 9.67 Å². The van der Waals surface area contributed by atoms with E-state index in [-0.39, 0.29) is 0 Å². The number of aromatic nitrogens is 7. The fraction of sp³-hybridized carbons (Fsp3) is 0.200. The van der Waals surface area contributed by atoms with Crippen molar-refractivity contribution in [3.05, 3.63) is 48.0 Å². The molecule has 0 spiro atoms. The van der Waals surface area contributed by atoms with E-state index in [1.165, 1.54) is 0 Å². The minimum atomic E-state index is 0.667. The first-order valence-corrected chi connectivity index (χ1v) is 7.02. The molecular weight excluding hydrogens is 278 g/mol. The Balaban J connectivity index is 1.75. The molecule has 0 fully saturated rings. The third kappa shape index (κ3) is 2.07. The first-order chi connectivity index (χ1) is 10.7. The van der Waals surface area contributed by atoms with Crippen LogP contribution in [0.25, 0.3) is 22.7 Å². The molecule has 0 saturated carbocycles. The maximum atomic E-state index is 4.68. The first kappa shape index (κ1) is 12.8. The molecule has 0 atom stereocenters. The number of H-pyrrole nitrogens is 1. The van der Waals surface area contributed by atoms with Crippen LogP contribution in [0.5, 0.6) is 0 Å². The third-order valence-corrected chi connectivity index (χ3v) is 3.61. The van der Waals surface area contributed by atoms with Crippen LogP contribution in [0.15, 0.2) is 36.8 Å². The summed E-state index contributed by atoms with van der Waals surface area (Å²) in [5.41, 5.74) is 4.83. The minimum Gasteiger partial charge on any atom is -0.334 e. The number of nitrogens with zero attached hydrogens (tertiary/aromatic N) is 6. The lowest BCUT2D eigenvalue weighted by atomic mass is 10.3. The van der Waals surface area contributed by atoms with Crippen LogP contribution < -0.4 is 0 Å². The molecule has 22 heavy (non-hydrogen) atoms. The molecule has 4 rings (SSSR count). The van der Waals surface area contributed by atoms with E-state index in [2.05, 4.69) is 25.1 Å². The van der Waals surface area contributed by atoms with Gasteiger partial charge in [0, 0.05) is 19.4 Å². The van der Waals surface area contributed by atoms with Crippen LogP contribution in [0.4, 0.5) is 0 Å². The highest BCUT2D eigenvalue weighted by Gasteiger charge is 2.13. The molecule has 0 aliphatic carbocycles. The lowest BCUT2D eigenvalue weighted by Crippen LogP contribution is -2.02. The Labute approximate surface area is 126 Å². The van der Waals surface area contributed by atoms with Crippen LogP contribution in [0, 0.1) is 6.92 Å². The molecule has 4 aromatic rings. The van der Waals surface area contributed by atoms with E-state index in [9.17, 15) is 0 Å². The Morgan fingerprint density at radius 1 is 1.23 bits per heavy atom. The molecule has 0 aliphatic rings. The van der Waals surface area contributed by atoms with Gasteiger partial charge in [-0.2, -0.15) is 10.2 Å². The Hall–Kier alpha value is -2.96. The van der Waals surface area contributed by atoms with Gasteiger partial charge in [-0.15, -0.1) is 0 Å². The van der Waals surface area contributed by atoms with Crippen molar-refractivity contribution in [2.45, 2.75) is 13.5 Å². The van der Waals surface area contributed by atoms with Crippen LogP contribution >= 0.6 is 0 Å². The molecule has 0 bridgehead atoms. The summed E-state index contributed by atoms with van der Waals surface area (Å²) >= 11 is 0. The molecule has 1 N–H and O–H groups in total. The van der Waals surface area contributed by atoms with Crippen molar-refractivity contribution in [1.82, 2.24) is 34.5 Å². The summed E-state index contributed by atoms with van der Waals surface area (Å²) in [5.74, 6) is 0.805. The summed E-state index contributed by atoms with van der Waals surface area (Å²) in [4.78, 5) is 12.0. The number of rotatable bonds is 3. The van der Waals surface area contributed by atoms with Crippen LogP contribution in [0.2, 0.25) is 0 Å². The first-order valence-electron chi connectivity index (χ1n) is 7.02. The van der Waals surface area contributed by atoms with Crippen molar-refractivity contribution >= 4 is 11.2 Å². The van der Waals surface area contributed by atoms with Gasteiger partial charge in [0.1, 0.15) is 11.2 Å². The summed E-state index contributed by atoms with van der Waals surface area (Å²) in [6.45, 7) is 2.64. The number of hydrogen-bond acceptors (Lipinski definition) is 4. The average Bonchev–Trinajstić information content (AvgIpc) is 3.16. The van der Waals surface area contributed by atoms with Crippen molar-refractivity contribution in [2.24, 2.45) is 7.05 Å². The van der Waals surface area contributed by atoms with Gasteiger partial charge in [0.2, 0.25) is 0 Å². The number of nitrogens with one attached hydrogen (secondary N) is 1. The number of fused-ring (bicyclic) bond motifs is 1. The Morgan fingerprint density at radius 2 is 2.05 bits per heavy atom. The van der Waals surface area contributed by atoms with Gasteiger partial charge in [0.15, 0.2) is 11.5 Å². The summed E-state index contributed by atoms with van der Waals surface area (Å²) in [7, 11) is 1.92. The number of aryl methyl sites for hydroxylation is 2. The van der Waals surface area contributed by atoms with Gasteiger partial charge in [-0.05, 0) is 30.7 Å². The van der Waals surface area contributed by atoms with Crippen LogP contribution in [0.1, 0.15) is 11.3 Å². The number of aromatic amines is 1. The van der Waals surface area contributed by atoms with Gasteiger partial charge >= 0.3 is 0 Å². The van der Waals surface area contributed by atoms with Crippen molar-refractivity contribution in [1.29, 1.82) is 0 Å². The minimum absolute atomic E-state index is 0.667. The largest absolute Gasteiger partial charge is 0.334 e. The normalized spacial score (nSPS) is 11.4. The molecule has 110 valence electrons. The lowest BCUT2D eigenvalue weighted by Gasteiger charge is -2.01. The second-order valence-corrected chi connectivity index (χ2v) is 5.27. The van der Waals surface area contributed by atoms with E-state index in [0.29, 0.717) is 6.54 Å². The maximum absolute atomic E-state index is 4.68. The Bertz CT molecular complexity index is 930. The van der Waals surface area contributed by atoms with Crippen molar-refractivity contribution in [2.75, 3.05) is 0 Å². The average molecular weight is 293 g/mol. The molecule has 0 saturated heterocycles. The lowest BCUT2D eigenvalue weighted by molar-refractivity contribution is 0.703. The molecule has 0 aliphatic heterocycles. The molecule has 4 aromatic heterocycles. The smallest absolute Gasteiger partial charge is 0.177 e. The standard InChI is InChI=1S/C15H15N7/c1-10-7-13(21(2)20-10)14-18-12-8-17-22(15(12)19-14)9-11-3-5-16-6-4-11/h3-8H,9H2,1-2H3,(H,18,19). The van der Waals surface area contributed by atoms with Gasteiger partial charge in [-0.1, -0.05) is 0 Å². The molecule has 0 radical (unpaired) electrons. The Morgan fingerprint density at radius 3 is 2.77 bits per heavy atom. The summed E-state index contributed by atoms with van der Waals surface area (Å²) < 4.78 is 3.71.